The molecule has 0 radical (unpaired) electrons. The Kier molecular flexibility index (Phi) is 14.1. The lowest BCUT2D eigenvalue weighted by Gasteiger charge is -2.39. The van der Waals surface area contributed by atoms with E-state index in [1.54, 1.807) is 24.9 Å². The summed E-state index contributed by atoms with van der Waals surface area (Å²) in [4.78, 5) is 45.6. The summed E-state index contributed by atoms with van der Waals surface area (Å²) in [6, 6.07) is 3.04. The van der Waals surface area contributed by atoms with E-state index >= 15 is 0 Å². The zero-order chi connectivity index (χ0) is 29.0. The molecule has 0 aromatic carbocycles. The number of hydrogen-bond acceptors (Lipinski definition) is 6. The molecular formula is C29H48N6O3. The van der Waals surface area contributed by atoms with E-state index in [1.165, 1.54) is 4.90 Å². The summed E-state index contributed by atoms with van der Waals surface area (Å²) in [5.74, 6) is -0.649. The summed E-state index contributed by atoms with van der Waals surface area (Å²) in [7, 11) is 1.72. The molecule has 0 aromatic rings. The molecule has 0 bridgehead atoms. The number of nitrogens with one attached hydrogen (secondary N) is 1. The van der Waals surface area contributed by atoms with Gasteiger partial charge in [-0.3, -0.25) is 19.3 Å². The number of piperidine rings is 1. The molecule has 1 saturated heterocycles. The van der Waals surface area contributed by atoms with Crippen molar-refractivity contribution in [3.05, 3.63) is 11.6 Å². The zero-order valence-electron chi connectivity index (χ0n) is 24.7. The minimum absolute atomic E-state index is 0.0108. The topological polar surface area (TPSA) is 121 Å². The Morgan fingerprint density at radius 1 is 1.00 bits per heavy atom. The van der Waals surface area contributed by atoms with Crippen LogP contribution in [-0.4, -0.2) is 83.3 Å². The monoisotopic (exact) mass is 528 g/mol. The molecule has 0 aliphatic carbocycles. The van der Waals surface area contributed by atoms with Crippen LogP contribution in [0.3, 0.4) is 0 Å². The molecule has 1 N–H and O–H groups in total. The first kappa shape index (κ1) is 33.1. The summed E-state index contributed by atoms with van der Waals surface area (Å²) in [6.45, 7) is 15.1. The molecule has 3 amide bonds. The molecule has 1 heterocycles. The number of amides is 3. The van der Waals surface area contributed by atoms with Crippen LogP contribution in [0.4, 0.5) is 0 Å². The van der Waals surface area contributed by atoms with E-state index in [-0.39, 0.29) is 73.6 Å². The Morgan fingerprint density at radius 3 is 2.05 bits per heavy atom. The van der Waals surface area contributed by atoms with E-state index in [0.717, 1.165) is 25.8 Å². The third kappa shape index (κ3) is 9.44. The van der Waals surface area contributed by atoms with E-state index in [0.29, 0.717) is 5.57 Å². The minimum atomic E-state index is -0.683. The Morgan fingerprint density at radius 2 is 1.58 bits per heavy atom. The lowest BCUT2D eigenvalue weighted by molar-refractivity contribution is -0.140. The number of nitriles is 2. The number of hydrogen-bond donors (Lipinski definition) is 1. The number of likely N-dealkylation sites (tertiary alicyclic amines) is 1. The molecular weight excluding hydrogens is 480 g/mol. The van der Waals surface area contributed by atoms with Crippen molar-refractivity contribution in [2.45, 2.75) is 105 Å². The van der Waals surface area contributed by atoms with Gasteiger partial charge in [-0.2, -0.15) is 10.5 Å². The van der Waals surface area contributed by atoms with Gasteiger partial charge in [0.25, 0.3) is 0 Å². The van der Waals surface area contributed by atoms with Crippen molar-refractivity contribution in [2.75, 3.05) is 26.7 Å². The molecule has 3 atom stereocenters. The summed E-state index contributed by atoms with van der Waals surface area (Å²) in [5, 5.41) is 21.0. The third-order valence-corrected chi connectivity index (χ3v) is 7.25. The summed E-state index contributed by atoms with van der Waals surface area (Å²) < 4.78 is 0. The van der Waals surface area contributed by atoms with Crippen molar-refractivity contribution in [1.29, 1.82) is 10.5 Å². The fraction of sp³-hybridized carbons (Fsp3) is 0.759. The van der Waals surface area contributed by atoms with Gasteiger partial charge in [0.1, 0.15) is 6.04 Å². The van der Waals surface area contributed by atoms with Crippen LogP contribution in [0, 0.1) is 34.5 Å². The van der Waals surface area contributed by atoms with Crippen molar-refractivity contribution in [2.24, 2.45) is 11.8 Å². The molecule has 1 fully saturated rings. The molecule has 0 saturated carbocycles. The SMILES string of the molecule is C/C(=C\[C@H](C(C)C)N(C)C(=O)[C@@H](NC(=O)C1CCCCN1C(C)C)C(C)C)C(=O)N(CCC#N)CCC#N. The van der Waals surface area contributed by atoms with E-state index < -0.39 is 6.04 Å². The molecule has 0 aromatic heterocycles. The van der Waals surface area contributed by atoms with Crippen LogP contribution in [0.5, 0.6) is 0 Å². The van der Waals surface area contributed by atoms with Gasteiger partial charge < -0.3 is 15.1 Å². The third-order valence-electron chi connectivity index (χ3n) is 7.25. The van der Waals surface area contributed by atoms with Crippen LogP contribution in [0.25, 0.3) is 0 Å². The van der Waals surface area contributed by atoms with Crippen molar-refractivity contribution in [3.63, 3.8) is 0 Å². The Labute approximate surface area is 229 Å². The summed E-state index contributed by atoms with van der Waals surface area (Å²) in [5.41, 5.74) is 0.458. The van der Waals surface area contributed by atoms with Gasteiger partial charge >= 0.3 is 0 Å². The van der Waals surface area contributed by atoms with Crippen LogP contribution in [0.1, 0.15) is 80.6 Å². The average Bonchev–Trinajstić information content (AvgIpc) is 2.88. The van der Waals surface area contributed by atoms with Crippen molar-refractivity contribution in [1.82, 2.24) is 20.0 Å². The van der Waals surface area contributed by atoms with Gasteiger partial charge in [-0.15, -0.1) is 0 Å². The van der Waals surface area contributed by atoms with Gasteiger partial charge in [-0.1, -0.05) is 40.2 Å². The predicted octanol–water partition coefficient (Wildman–Crippen LogP) is 3.48. The van der Waals surface area contributed by atoms with Gasteiger partial charge in [0.05, 0.1) is 37.1 Å². The van der Waals surface area contributed by atoms with Gasteiger partial charge in [0.2, 0.25) is 17.7 Å². The predicted molar refractivity (Wildman–Crippen MR) is 148 cm³/mol. The lowest BCUT2D eigenvalue weighted by Crippen LogP contribution is -2.58. The maximum absolute atomic E-state index is 13.7. The van der Waals surface area contributed by atoms with Crippen molar-refractivity contribution >= 4 is 17.7 Å². The minimum Gasteiger partial charge on any atom is -0.343 e. The lowest BCUT2D eigenvalue weighted by atomic mass is 9.95. The van der Waals surface area contributed by atoms with Gasteiger partial charge in [0.15, 0.2) is 0 Å². The maximum Gasteiger partial charge on any atom is 0.249 e. The molecule has 0 spiro atoms. The molecule has 212 valence electrons. The highest BCUT2D eigenvalue weighted by atomic mass is 16.2. The standard InChI is InChI=1S/C29H48N6O3/c1-20(2)25(19-23(7)28(37)34(16-11-14-30)17-12-15-31)33(8)29(38)26(21(3)4)32-27(36)24-13-9-10-18-35(24)22(5)6/h19-22,24-26H,9-13,16-18H2,1-8H3,(H,32,36)/b23-19+/t24?,25-,26+/m1/s1. The normalized spacial score (nSPS) is 18.0. The van der Waals surface area contributed by atoms with Crippen LogP contribution in [0.15, 0.2) is 11.6 Å². The highest BCUT2D eigenvalue weighted by molar-refractivity contribution is 5.93. The van der Waals surface area contributed by atoms with E-state index in [4.69, 9.17) is 10.5 Å². The second kappa shape index (κ2) is 16.1. The van der Waals surface area contributed by atoms with Crippen LogP contribution < -0.4 is 5.32 Å². The first-order chi connectivity index (χ1) is 17.9. The zero-order valence-corrected chi connectivity index (χ0v) is 24.7. The fourth-order valence-corrected chi connectivity index (χ4v) is 5.00. The van der Waals surface area contributed by atoms with Crippen molar-refractivity contribution in [3.8, 4) is 12.1 Å². The smallest absolute Gasteiger partial charge is 0.249 e. The summed E-state index contributed by atoms with van der Waals surface area (Å²) >= 11 is 0. The number of carbonyl (C=O) groups is 3. The molecule has 1 rings (SSSR count). The van der Waals surface area contributed by atoms with Gasteiger partial charge in [-0.05, 0) is 52.0 Å². The maximum atomic E-state index is 13.7. The Balaban J connectivity index is 3.13. The Bertz CT molecular complexity index is 896. The molecule has 9 heteroatoms. The molecule has 1 aliphatic rings. The fourth-order valence-electron chi connectivity index (χ4n) is 5.00. The number of likely N-dealkylation sites (N-methyl/N-ethyl adjacent to an activating group) is 1. The molecule has 9 nitrogen and oxygen atoms in total. The van der Waals surface area contributed by atoms with E-state index in [9.17, 15) is 14.4 Å². The van der Waals surface area contributed by atoms with Gasteiger partial charge in [-0.25, -0.2) is 0 Å². The number of carbonyl (C=O) groups excluding carboxylic acids is 3. The van der Waals surface area contributed by atoms with Crippen molar-refractivity contribution < 1.29 is 14.4 Å². The summed E-state index contributed by atoms with van der Waals surface area (Å²) in [6.07, 6.45) is 5.00. The number of rotatable bonds is 13. The molecule has 1 aliphatic heterocycles. The second-order valence-electron chi connectivity index (χ2n) is 11.2. The molecule has 38 heavy (non-hydrogen) atoms. The first-order valence-electron chi connectivity index (χ1n) is 13.9. The van der Waals surface area contributed by atoms with Crippen LogP contribution in [-0.2, 0) is 14.4 Å². The van der Waals surface area contributed by atoms with Crippen LogP contribution >= 0.6 is 0 Å². The van der Waals surface area contributed by atoms with E-state index in [2.05, 4.69) is 24.1 Å². The largest absolute Gasteiger partial charge is 0.343 e. The average molecular weight is 529 g/mol. The van der Waals surface area contributed by atoms with Gasteiger partial charge in [0, 0.05) is 31.8 Å². The second-order valence-corrected chi connectivity index (χ2v) is 11.2. The molecule has 1 unspecified atom stereocenters. The van der Waals surface area contributed by atoms with Crippen LogP contribution in [0.2, 0.25) is 0 Å². The Hall–Kier alpha value is -2.91. The highest BCUT2D eigenvalue weighted by Crippen LogP contribution is 2.21. The highest BCUT2D eigenvalue weighted by Gasteiger charge is 2.36. The van der Waals surface area contributed by atoms with E-state index in [1.807, 2.05) is 39.8 Å². The quantitative estimate of drug-likeness (QED) is 0.366. The first-order valence-corrected chi connectivity index (χ1v) is 13.9. The number of nitrogens with zero attached hydrogens (tertiary/aromatic N) is 5.